The maximum absolute atomic E-state index is 13.9. The first kappa shape index (κ1) is 20.9. The number of halogens is 1. The van der Waals surface area contributed by atoms with Crippen molar-refractivity contribution in [1.82, 2.24) is 9.97 Å². The van der Waals surface area contributed by atoms with Crippen LogP contribution >= 0.6 is 22.7 Å². The van der Waals surface area contributed by atoms with E-state index in [4.69, 9.17) is 4.42 Å². The highest BCUT2D eigenvalue weighted by molar-refractivity contribution is 7.16. The molecule has 3 heterocycles. The summed E-state index contributed by atoms with van der Waals surface area (Å²) in [6, 6.07) is 9.76. The van der Waals surface area contributed by atoms with E-state index in [2.05, 4.69) is 20.6 Å². The molecule has 0 aliphatic carbocycles. The Labute approximate surface area is 185 Å². The Balaban J connectivity index is 1.35. The molecule has 158 valence electrons. The van der Waals surface area contributed by atoms with Crippen LogP contribution in [0.1, 0.15) is 32.4 Å². The van der Waals surface area contributed by atoms with Crippen LogP contribution in [-0.4, -0.2) is 21.8 Å². The van der Waals surface area contributed by atoms with Gasteiger partial charge < -0.3 is 9.73 Å². The number of amides is 2. The van der Waals surface area contributed by atoms with E-state index in [1.165, 1.54) is 35.0 Å². The predicted octanol–water partition coefficient (Wildman–Crippen LogP) is 4.66. The zero-order chi connectivity index (χ0) is 21.8. The van der Waals surface area contributed by atoms with E-state index in [-0.39, 0.29) is 23.9 Å². The second-order valence-corrected chi connectivity index (χ2v) is 8.54. The third-order valence-electron chi connectivity index (χ3n) is 4.31. The van der Waals surface area contributed by atoms with E-state index in [9.17, 15) is 14.0 Å². The van der Waals surface area contributed by atoms with Gasteiger partial charge in [-0.2, -0.15) is 0 Å². The lowest BCUT2D eigenvalue weighted by molar-refractivity contribution is -0.115. The number of rotatable bonds is 7. The summed E-state index contributed by atoms with van der Waals surface area (Å²) in [6.07, 6.45) is 1.86. The number of furan rings is 1. The van der Waals surface area contributed by atoms with Crippen LogP contribution in [0.2, 0.25) is 0 Å². The van der Waals surface area contributed by atoms with Gasteiger partial charge in [-0.15, -0.1) is 22.7 Å². The zero-order valence-electron chi connectivity index (χ0n) is 16.3. The molecule has 0 aliphatic heterocycles. The number of benzene rings is 1. The van der Waals surface area contributed by atoms with Crippen LogP contribution in [-0.2, 0) is 17.6 Å². The van der Waals surface area contributed by atoms with Crippen molar-refractivity contribution in [2.24, 2.45) is 0 Å². The van der Waals surface area contributed by atoms with Gasteiger partial charge in [0.1, 0.15) is 5.82 Å². The molecule has 4 aromatic rings. The third-order valence-corrected chi connectivity index (χ3v) is 6.19. The standard InChI is InChI=1S/C21H17FN4O3S2/c1-12-17(9-13-5-2-3-6-15(13)22)31-21(23-12)25-18(27)10-14-11-30-20(24-14)26-19(28)16-7-4-8-29-16/h2-8,11H,9-10H2,1H3,(H,23,25,27)(H,24,26,28). The number of nitrogens with one attached hydrogen (secondary N) is 2. The molecule has 0 unspecified atom stereocenters. The van der Waals surface area contributed by atoms with Crippen LogP contribution < -0.4 is 10.6 Å². The average molecular weight is 457 g/mol. The van der Waals surface area contributed by atoms with Gasteiger partial charge in [0, 0.05) is 16.7 Å². The molecule has 0 radical (unpaired) electrons. The van der Waals surface area contributed by atoms with Gasteiger partial charge in [-0.3, -0.25) is 14.9 Å². The topological polar surface area (TPSA) is 97.1 Å². The molecule has 7 nitrogen and oxygen atoms in total. The van der Waals surface area contributed by atoms with Crippen molar-refractivity contribution in [1.29, 1.82) is 0 Å². The molecule has 31 heavy (non-hydrogen) atoms. The Morgan fingerprint density at radius 3 is 2.71 bits per heavy atom. The number of aromatic nitrogens is 2. The Hall–Kier alpha value is -3.37. The first-order valence-corrected chi connectivity index (χ1v) is 11.0. The van der Waals surface area contributed by atoms with E-state index in [0.29, 0.717) is 27.9 Å². The van der Waals surface area contributed by atoms with E-state index < -0.39 is 5.91 Å². The largest absolute Gasteiger partial charge is 0.459 e. The molecule has 0 fully saturated rings. The van der Waals surface area contributed by atoms with Crippen molar-refractivity contribution in [3.8, 4) is 0 Å². The van der Waals surface area contributed by atoms with Crippen molar-refractivity contribution in [2.45, 2.75) is 19.8 Å². The molecule has 0 aliphatic rings. The molecule has 10 heteroatoms. The fourth-order valence-corrected chi connectivity index (χ4v) is 4.51. The van der Waals surface area contributed by atoms with Gasteiger partial charge in [-0.1, -0.05) is 18.2 Å². The molecule has 2 N–H and O–H groups in total. The summed E-state index contributed by atoms with van der Waals surface area (Å²) in [4.78, 5) is 33.9. The van der Waals surface area contributed by atoms with Crippen LogP contribution in [0.5, 0.6) is 0 Å². The predicted molar refractivity (Wildman–Crippen MR) is 117 cm³/mol. The summed E-state index contributed by atoms with van der Waals surface area (Å²) >= 11 is 2.54. The number of thiazole rings is 2. The fraction of sp³-hybridized carbons (Fsp3) is 0.143. The van der Waals surface area contributed by atoms with Gasteiger partial charge in [-0.25, -0.2) is 14.4 Å². The third kappa shape index (κ3) is 5.22. The number of nitrogens with zero attached hydrogens (tertiary/aromatic N) is 2. The molecule has 4 rings (SSSR count). The average Bonchev–Trinajstić information content (AvgIpc) is 3.47. The van der Waals surface area contributed by atoms with Gasteiger partial charge in [0.2, 0.25) is 5.91 Å². The van der Waals surface area contributed by atoms with Crippen molar-refractivity contribution in [2.75, 3.05) is 10.6 Å². The van der Waals surface area contributed by atoms with Gasteiger partial charge in [-0.05, 0) is 30.7 Å². The summed E-state index contributed by atoms with van der Waals surface area (Å²) < 4.78 is 18.9. The Morgan fingerprint density at radius 1 is 1.10 bits per heavy atom. The normalized spacial score (nSPS) is 10.8. The molecule has 0 saturated heterocycles. The molecule has 0 spiro atoms. The molecule has 0 saturated carbocycles. The second kappa shape index (κ2) is 9.19. The smallest absolute Gasteiger partial charge is 0.293 e. The van der Waals surface area contributed by atoms with E-state index in [0.717, 1.165) is 10.6 Å². The van der Waals surface area contributed by atoms with E-state index >= 15 is 0 Å². The maximum Gasteiger partial charge on any atom is 0.293 e. The van der Waals surface area contributed by atoms with Gasteiger partial charge >= 0.3 is 0 Å². The van der Waals surface area contributed by atoms with E-state index in [1.54, 1.807) is 35.7 Å². The summed E-state index contributed by atoms with van der Waals surface area (Å²) in [6.45, 7) is 1.83. The molecule has 0 atom stereocenters. The molecular weight excluding hydrogens is 439 g/mol. The number of hydrogen-bond donors (Lipinski definition) is 2. The van der Waals surface area contributed by atoms with Crippen LogP contribution in [0.15, 0.2) is 52.5 Å². The minimum atomic E-state index is -0.406. The zero-order valence-corrected chi connectivity index (χ0v) is 18.0. The minimum absolute atomic E-state index is 0.0361. The van der Waals surface area contributed by atoms with Gasteiger partial charge in [0.15, 0.2) is 16.0 Å². The second-order valence-electron chi connectivity index (χ2n) is 6.60. The Kier molecular flexibility index (Phi) is 6.19. The minimum Gasteiger partial charge on any atom is -0.459 e. The lowest BCUT2D eigenvalue weighted by Crippen LogP contribution is -2.15. The monoisotopic (exact) mass is 456 g/mol. The maximum atomic E-state index is 13.9. The van der Waals surface area contributed by atoms with Crippen LogP contribution in [0.4, 0.5) is 14.7 Å². The highest BCUT2D eigenvalue weighted by Crippen LogP contribution is 2.26. The fourth-order valence-electron chi connectivity index (χ4n) is 2.80. The first-order chi connectivity index (χ1) is 15.0. The Bertz CT molecular complexity index is 1220. The molecule has 1 aromatic carbocycles. The van der Waals surface area contributed by atoms with Crippen molar-refractivity contribution in [3.05, 3.63) is 81.4 Å². The van der Waals surface area contributed by atoms with Crippen molar-refractivity contribution in [3.63, 3.8) is 0 Å². The summed E-state index contributed by atoms with van der Waals surface area (Å²) in [7, 11) is 0. The lowest BCUT2D eigenvalue weighted by atomic mass is 10.1. The molecule has 3 aromatic heterocycles. The number of anilines is 2. The molecule has 2 amide bonds. The molecular formula is C21H17FN4O3S2. The lowest BCUT2D eigenvalue weighted by Gasteiger charge is -2.01. The van der Waals surface area contributed by atoms with Crippen LogP contribution in [0.3, 0.4) is 0 Å². The summed E-state index contributed by atoms with van der Waals surface area (Å²) in [5, 5.41) is 7.92. The van der Waals surface area contributed by atoms with Gasteiger partial charge in [0.25, 0.3) is 5.91 Å². The van der Waals surface area contributed by atoms with E-state index in [1.807, 2.05) is 6.92 Å². The summed E-state index contributed by atoms with van der Waals surface area (Å²) in [5.41, 5.74) is 1.86. The van der Waals surface area contributed by atoms with Crippen LogP contribution in [0, 0.1) is 12.7 Å². The molecule has 0 bridgehead atoms. The number of carbonyl (C=O) groups is 2. The SMILES string of the molecule is Cc1nc(NC(=O)Cc2csc(NC(=O)c3ccco3)n2)sc1Cc1ccccc1F. The number of aryl methyl sites for hydroxylation is 1. The number of hydrogen-bond acceptors (Lipinski definition) is 7. The quantitative estimate of drug-likeness (QED) is 0.421. The summed E-state index contributed by atoms with van der Waals surface area (Å²) in [5.74, 6) is -0.768. The van der Waals surface area contributed by atoms with Crippen molar-refractivity contribution >= 4 is 44.8 Å². The van der Waals surface area contributed by atoms with Gasteiger partial charge in [0.05, 0.1) is 24.1 Å². The Morgan fingerprint density at radius 2 is 1.94 bits per heavy atom. The highest BCUT2D eigenvalue weighted by atomic mass is 32.1. The number of carbonyl (C=O) groups excluding carboxylic acids is 2. The first-order valence-electron chi connectivity index (χ1n) is 9.27. The highest BCUT2D eigenvalue weighted by Gasteiger charge is 2.15. The van der Waals surface area contributed by atoms with Crippen molar-refractivity contribution < 1.29 is 18.4 Å². The van der Waals surface area contributed by atoms with Crippen LogP contribution in [0.25, 0.3) is 0 Å².